The molecule has 9 nitrogen and oxygen atoms in total. The van der Waals surface area contributed by atoms with Crippen LogP contribution < -0.4 is 10.6 Å². The number of carbonyl (C=O) groups is 3. The molecule has 4 rings (SSSR count). The van der Waals surface area contributed by atoms with Gasteiger partial charge in [0.15, 0.2) is 6.10 Å². The van der Waals surface area contributed by atoms with Crippen LogP contribution in [0.1, 0.15) is 36.3 Å². The van der Waals surface area contributed by atoms with Crippen LogP contribution in [0, 0.1) is 0 Å². The van der Waals surface area contributed by atoms with E-state index in [1.54, 1.807) is 0 Å². The second kappa shape index (κ2) is 10.7. The number of aliphatic hydroxyl groups excluding tert-OH is 1. The fourth-order valence-corrected chi connectivity index (χ4v) is 4.47. The van der Waals surface area contributed by atoms with Crippen LogP contribution in [0.25, 0.3) is 11.1 Å². The summed E-state index contributed by atoms with van der Waals surface area (Å²) in [6.45, 7) is 0.204. The molecule has 4 N–H and O–H groups in total. The maximum absolute atomic E-state index is 12.2. The Balaban J connectivity index is 1.18. The van der Waals surface area contributed by atoms with Gasteiger partial charge in [-0.05, 0) is 35.1 Å². The number of hydrogen-bond acceptors (Lipinski definition) is 6. The number of aliphatic hydroxyl groups is 1. The van der Waals surface area contributed by atoms with E-state index in [-0.39, 0.29) is 38.1 Å². The van der Waals surface area contributed by atoms with Crippen LogP contribution in [0.5, 0.6) is 0 Å². The summed E-state index contributed by atoms with van der Waals surface area (Å²) in [5, 5.41) is 24.1. The van der Waals surface area contributed by atoms with Crippen LogP contribution in [-0.4, -0.2) is 66.2 Å². The molecule has 2 aromatic rings. The zero-order valence-corrected chi connectivity index (χ0v) is 18.6. The molecule has 0 saturated carbocycles. The Kier molecular flexibility index (Phi) is 7.44. The number of amides is 2. The highest BCUT2D eigenvalue weighted by Gasteiger charge is 2.31. The van der Waals surface area contributed by atoms with Crippen molar-refractivity contribution in [2.45, 2.75) is 43.5 Å². The average molecular weight is 469 g/mol. The summed E-state index contributed by atoms with van der Waals surface area (Å²) in [6.07, 6.45) is -2.21. The smallest absolute Gasteiger partial charge is 0.407 e. The van der Waals surface area contributed by atoms with Gasteiger partial charge in [-0.15, -0.1) is 0 Å². The number of carboxylic acid groups (broad SMARTS) is 1. The fourth-order valence-electron chi connectivity index (χ4n) is 4.47. The molecule has 1 aliphatic carbocycles. The predicted molar refractivity (Wildman–Crippen MR) is 122 cm³/mol. The van der Waals surface area contributed by atoms with Gasteiger partial charge in [-0.2, -0.15) is 0 Å². The summed E-state index contributed by atoms with van der Waals surface area (Å²) < 4.78 is 10.7. The Morgan fingerprint density at radius 2 is 1.65 bits per heavy atom. The summed E-state index contributed by atoms with van der Waals surface area (Å²) in [6, 6.07) is 16.1. The lowest BCUT2D eigenvalue weighted by Crippen LogP contribution is -2.38. The van der Waals surface area contributed by atoms with Gasteiger partial charge < -0.3 is 30.3 Å². The Labute approximate surface area is 197 Å². The van der Waals surface area contributed by atoms with E-state index in [2.05, 4.69) is 22.8 Å². The molecule has 2 aliphatic rings. The van der Waals surface area contributed by atoms with Crippen LogP contribution in [0.15, 0.2) is 48.5 Å². The predicted octanol–water partition coefficient (Wildman–Crippen LogP) is 2.02. The van der Waals surface area contributed by atoms with Crippen molar-refractivity contribution in [3.05, 3.63) is 59.7 Å². The van der Waals surface area contributed by atoms with Crippen LogP contribution in [-0.2, 0) is 19.1 Å². The summed E-state index contributed by atoms with van der Waals surface area (Å²) >= 11 is 0. The van der Waals surface area contributed by atoms with E-state index in [0.717, 1.165) is 22.3 Å². The fraction of sp³-hybridized carbons (Fsp3) is 0.400. The van der Waals surface area contributed by atoms with Gasteiger partial charge >= 0.3 is 12.1 Å². The number of alkyl carbamates (subject to hydrolysis) is 1. The number of ether oxygens (including phenoxy) is 2. The van der Waals surface area contributed by atoms with Gasteiger partial charge in [0.05, 0.1) is 18.6 Å². The first-order valence-electron chi connectivity index (χ1n) is 11.3. The molecule has 0 aromatic heterocycles. The molecule has 34 heavy (non-hydrogen) atoms. The monoisotopic (exact) mass is 468 g/mol. The van der Waals surface area contributed by atoms with Crippen molar-refractivity contribution in [2.24, 2.45) is 0 Å². The standard InChI is InChI=1S/C25H28N2O7/c28-15(11-23(29)26-13-16-9-10-22(34-16)24(30)31)12-27-25(32)33-14-21-19-7-3-1-5-17(19)18-6-2-4-8-20(18)21/h1-8,15-16,21-22,28H,9-14H2,(H,26,29)(H,27,32)(H,30,31). The van der Waals surface area contributed by atoms with Gasteiger partial charge in [0.1, 0.15) is 6.61 Å². The Morgan fingerprint density at radius 1 is 1.00 bits per heavy atom. The highest BCUT2D eigenvalue weighted by atomic mass is 16.5. The van der Waals surface area contributed by atoms with Crippen LogP contribution in [0.4, 0.5) is 4.79 Å². The number of benzene rings is 2. The maximum Gasteiger partial charge on any atom is 0.407 e. The molecular formula is C25H28N2O7. The second-order valence-electron chi connectivity index (χ2n) is 8.53. The minimum absolute atomic E-state index is 0.0626. The molecule has 3 atom stereocenters. The van der Waals surface area contributed by atoms with Crippen LogP contribution in [0.2, 0.25) is 0 Å². The zero-order chi connectivity index (χ0) is 24.1. The average Bonchev–Trinajstić information content (AvgIpc) is 3.43. The first-order chi connectivity index (χ1) is 16.4. The molecule has 2 amide bonds. The van der Waals surface area contributed by atoms with Gasteiger partial charge in [-0.25, -0.2) is 9.59 Å². The number of hydrogen-bond donors (Lipinski definition) is 4. The van der Waals surface area contributed by atoms with Crippen LogP contribution >= 0.6 is 0 Å². The van der Waals surface area contributed by atoms with Gasteiger partial charge in [-0.1, -0.05) is 48.5 Å². The Hall–Kier alpha value is -3.43. The molecule has 0 bridgehead atoms. The molecule has 0 radical (unpaired) electrons. The van der Waals surface area contributed by atoms with Gasteiger partial charge in [0.2, 0.25) is 5.91 Å². The van der Waals surface area contributed by atoms with E-state index in [1.165, 1.54) is 0 Å². The summed E-state index contributed by atoms with van der Waals surface area (Å²) in [5.41, 5.74) is 4.48. The van der Waals surface area contributed by atoms with Crippen molar-refractivity contribution in [1.82, 2.24) is 10.6 Å². The minimum Gasteiger partial charge on any atom is -0.479 e. The largest absolute Gasteiger partial charge is 0.479 e. The number of nitrogens with one attached hydrogen (secondary N) is 2. The summed E-state index contributed by atoms with van der Waals surface area (Å²) in [4.78, 5) is 35.1. The quantitative estimate of drug-likeness (QED) is 0.442. The third-order valence-corrected chi connectivity index (χ3v) is 6.16. The third kappa shape index (κ3) is 5.55. The lowest BCUT2D eigenvalue weighted by Gasteiger charge is -2.16. The van der Waals surface area contributed by atoms with Crippen molar-refractivity contribution >= 4 is 18.0 Å². The zero-order valence-electron chi connectivity index (χ0n) is 18.6. The van der Waals surface area contributed by atoms with Gasteiger partial charge in [-0.3, -0.25) is 4.79 Å². The van der Waals surface area contributed by atoms with E-state index >= 15 is 0 Å². The van der Waals surface area contributed by atoms with Crippen molar-refractivity contribution < 1.29 is 34.1 Å². The first kappa shape index (κ1) is 23.7. The molecule has 1 heterocycles. The third-order valence-electron chi connectivity index (χ3n) is 6.16. The number of carboxylic acids is 1. The SMILES string of the molecule is O=C(CC(O)CNC(=O)OCC1c2ccccc2-c2ccccc21)NCC1CCC(C(=O)O)O1. The van der Waals surface area contributed by atoms with E-state index in [1.807, 2.05) is 36.4 Å². The topological polar surface area (TPSA) is 134 Å². The van der Waals surface area contributed by atoms with E-state index in [4.69, 9.17) is 14.6 Å². The molecule has 9 heteroatoms. The number of aliphatic carboxylic acids is 1. The molecule has 0 spiro atoms. The number of fused-ring (bicyclic) bond motifs is 3. The highest BCUT2D eigenvalue weighted by Crippen LogP contribution is 2.44. The van der Waals surface area contributed by atoms with E-state index in [0.29, 0.717) is 12.8 Å². The van der Waals surface area contributed by atoms with Crippen LogP contribution in [0.3, 0.4) is 0 Å². The summed E-state index contributed by atoms with van der Waals surface area (Å²) in [5.74, 6) is -1.49. The first-order valence-corrected chi connectivity index (χ1v) is 11.3. The van der Waals surface area contributed by atoms with Gasteiger partial charge in [0, 0.05) is 19.0 Å². The molecule has 1 fully saturated rings. The van der Waals surface area contributed by atoms with E-state index in [9.17, 15) is 19.5 Å². The number of rotatable bonds is 9. The second-order valence-corrected chi connectivity index (χ2v) is 8.53. The maximum atomic E-state index is 12.2. The molecule has 3 unspecified atom stereocenters. The van der Waals surface area contributed by atoms with Crippen molar-refractivity contribution in [3.63, 3.8) is 0 Å². The molecule has 1 saturated heterocycles. The molecular weight excluding hydrogens is 440 g/mol. The Morgan fingerprint density at radius 3 is 2.26 bits per heavy atom. The van der Waals surface area contributed by atoms with Crippen molar-refractivity contribution in [2.75, 3.05) is 19.7 Å². The van der Waals surface area contributed by atoms with E-state index < -0.39 is 30.2 Å². The summed E-state index contributed by atoms with van der Waals surface area (Å²) in [7, 11) is 0. The molecule has 2 aromatic carbocycles. The molecule has 180 valence electrons. The minimum atomic E-state index is -1.09. The molecule has 1 aliphatic heterocycles. The van der Waals surface area contributed by atoms with Crippen molar-refractivity contribution in [1.29, 1.82) is 0 Å². The highest BCUT2D eigenvalue weighted by molar-refractivity contribution is 5.79. The lowest BCUT2D eigenvalue weighted by atomic mass is 9.98. The van der Waals surface area contributed by atoms with Crippen molar-refractivity contribution in [3.8, 4) is 11.1 Å². The Bertz CT molecular complexity index is 1010. The normalized spacial score (nSPS) is 19.7. The van der Waals surface area contributed by atoms with Gasteiger partial charge in [0.25, 0.3) is 0 Å². The number of carbonyl (C=O) groups excluding carboxylic acids is 2. The lowest BCUT2D eigenvalue weighted by molar-refractivity contribution is -0.149.